The van der Waals surface area contributed by atoms with Crippen molar-refractivity contribution in [2.24, 2.45) is 0 Å². The van der Waals surface area contributed by atoms with Crippen LogP contribution in [0.15, 0.2) is 146 Å². The van der Waals surface area contributed by atoms with Crippen molar-refractivity contribution in [1.29, 1.82) is 0 Å². The molecule has 49 heavy (non-hydrogen) atoms. The lowest BCUT2D eigenvalue weighted by atomic mass is 9.88. The van der Waals surface area contributed by atoms with Crippen LogP contribution in [0.1, 0.15) is 26.3 Å². The van der Waals surface area contributed by atoms with Crippen molar-refractivity contribution in [2.45, 2.75) is 26.2 Å². The van der Waals surface area contributed by atoms with Crippen LogP contribution in [0.2, 0.25) is 0 Å². The second-order valence-corrected chi connectivity index (χ2v) is 13.5. The van der Waals surface area contributed by atoms with E-state index in [4.69, 9.17) is 14.7 Å². The molecule has 0 spiro atoms. The van der Waals surface area contributed by atoms with E-state index >= 15 is 0 Å². The van der Waals surface area contributed by atoms with E-state index in [2.05, 4.69) is 138 Å². The first-order valence-corrected chi connectivity index (χ1v) is 16.5. The Kier molecular flexibility index (Phi) is 6.59. The molecule has 4 aromatic carbocycles. The van der Waals surface area contributed by atoms with Crippen molar-refractivity contribution in [1.82, 2.24) is 24.1 Å². The SMILES string of the molecule is CC(C)(C)c1ccnc(-n2c3ccccc3c3ccc(Oc4ccc5c6ccccc6n(-c6ccc(-c7ccncc7)cn6)c5c4)cc32)c1. The number of benzene rings is 4. The molecule has 0 aliphatic rings. The van der Waals surface area contributed by atoms with Crippen LogP contribution in [0, 0.1) is 0 Å². The minimum absolute atomic E-state index is 0.00298. The van der Waals surface area contributed by atoms with E-state index in [0.717, 1.165) is 67.1 Å². The van der Waals surface area contributed by atoms with Gasteiger partial charge in [0.2, 0.25) is 0 Å². The average molecular weight is 636 g/mol. The largest absolute Gasteiger partial charge is 0.457 e. The Bertz CT molecular complexity index is 2660. The number of aromatic nitrogens is 5. The van der Waals surface area contributed by atoms with E-state index in [1.54, 1.807) is 12.4 Å². The van der Waals surface area contributed by atoms with Crippen molar-refractivity contribution >= 4 is 43.6 Å². The molecule has 0 aliphatic carbocycles. The highest BCUT2D eigenvalue weighted by Gasteiger charge is 2.19. The van der Waals surface area contributed by atoms with E-state index in [9.17, 15) is 0 Å². The molecular weight excluding hydrogens is 603 g/mol. The first-order chi connectivity index (χ1) is 23.9. The fourth-order valence-corrected chi connectivity index (χ4v) is 6.90. The third-order valence-corrected chi connectivity index (χ3v) is 9.36. The van der Waals surface area contributed by atoms with Crippen molar-refractivity contribution in [3.8, 4) is 34.3 Å². The maximum Gasteiger partial charge on any atom is 0.137 e. The number of fused-ring (bicyclic) bond motifs is 6. The van der Waals surface area contributed by atoms with Gasteiger partial charge in [0.15, 0.2) is 0 Å². The van der Waals surface area contributed by atoms with Crippen LogP contribution >= 0.6 is 0 Å². The maximum atomic E-state index is 6.65. The smallest absolute Gasteiger partial charge is 0.137 e. The summed E-state index contributed by atoms with van der Waals surface area (Å²) in [5, 5.41) is 4.64. The number of ether oxygens (including phenoxy) is 1. The first-order valence-electron chi connectivity index (χ1n) is 16.5. The summed E-state index contributed by atoms with van der Waals surface area (Å²) in [7, 11) is 0. The summed E-state index contributed by atoms with van der Waals surface area (Å²) in [5.74, 6) is 3.24. The van der Waals surface area contributed by atoms with Gasteiger partial charge in [0.1, 0.15) is 23.1 Å². The van der Waals surface area contributed by atoms with Gasteiger partial charge in [-0.25, -0.2) is 9.97 Å². The van der Waals surface area contributed by atoms with Crippen LogP contribution in [-0.2, 0) is 5.41 Å². The summed E-state index contributed by atoms with van der Waals surface area (Å²) >= 11 is 0. The zero-order valence-electron chi connectivity index (χ0n) is 27.5. The topological polar surface area (TPSA) is 57.8 Å². The molecule has 236 valence electrons. The molecule has 5 aromatic heterocycles. The lowest BCUT2D eigenvalue weighted by Crippen LogP contribution is -2.12. The summed E-state index contributed by atoms with van der Waals surface area (Å²) in [5.41, 5.74) is 7.65. The Balaban J connectivity index is 1.15. The van der Waals surface area contributed by atoms with E-state index in [1.807, 2.05) is 30.6 Å². The molecule has 0 bridgehead atoms. The van der Waals surface area contributed by atoms with Crippen molar-refractivity contribution in [3.05, 3.63) is 152 Å². The Morgan fingerprint density at radius 1 is 0.490 bits per heavy atom. The average Bonchev–Trinajstić information content (AvgIpc) is 3.64. The van der Waals surface area contributed by atoms with Gasteiger partial charge in [-0.05, 0) is 89.3 Å². The Morgan fingerprint density at radius 3 is 1.67 bits per heavy atom. The first kappa shape index (κ1) is 28.9. The molecule has 5 heterocycles. The van der Waals surface area contributed by atoms with Crippen LogP contribution < -0.4 is 4.74 Å². The van der Waals surface area contributed by atoms with Crippen LogP contribution in [0.25, 0.3) is 66.4 Å². The monoisotopic (exact) mass is 635 g/mol. The number of para-hydroxylation sites is 2. The molecule has 0 atom stereocenters. The summed E-state index contributed by atoms with van der Waals surface area (Å²) in [4.78, 5) is 13.9. The highest BCUT2D eigenvalue weighted by Crippen LogP contribution is 2.38. The number of hydrogen-bond acceptors (Lipinski definition) is 4. The minimum Gasteiger partial charge on any atom is -0.457 e. The Labute approximate surface area is 283 Å². The van der Waals surface area contributed by atoms with Crippen molar-refractivity contribution in [2.75, 3.05) is 0 Å². The van der Waals surface area contributed by atoms with Gasteiger partial charge < -0.3 is 4.74 Å². The van der Waals surface area contributed by atoms with Gasteiger partial charge in [0.05, 0.1) is 22.1 Å². The minimum atomic E-state index is 0.00298. The third-order valence-electron chi connectivity index (χ3n) is 9.36. The normalized spacial score (nSPS) is 12.0. The Hall–Kier alpha value is -6.27. The zero-order valence-corrected chi connectivity index (χ0v) is 27.5. The predicted octanol–water partition coefficient (Wildman–Crippen LogP) is 10.8. The molecule has 6 nitrogen and oxygen atoms in total. The second kappa shape index (κ2) is 11.2. The molecule has 0 radical (unpaired) electrons. The number of rotatable bonds is 5. The van der Waals surface area contributed by atoms with Gasteiger partial charge in [-0.15, -0.1) is 0 Å². The van der Waals surface area contributed by atoms with Crippen molar-refractivity contribution in [3.63, 3.8) is 0 Å². The maximum absolute atomic E-state index is 6.65. The van der Waals surface area contributed by atoms with Crippen LogP contribution in [0.3, 0.4) is 0 Å². The molecule has 0 aliphatic heterocycles. The summed E-state index contributed by atoms with van der Waals surface area (Å²) in [6, 6.07) is 42.1. The molecule has 9 aromatic rings. The number of hydrogen-bond donors (Lipinski definition) is 0. The Morgan fingerprint density at radius 2 is 1.08 bits per heavy atom. The summed E-state index contributed by atoms with van der Waals surface area (Å²) < 4.78 is 11.1. The van der Waals surface area contributed by atoms with Crippen LogP contribution in [0.4, 0.5) is 0 Å². The van der Waals surface area contributed by atoms with Crippen molar-refractivity contribution < 1.29 is 4.74 Å². The summed E-state index contributed by atoms with van der Waals surface area (Å²) in [6.07, 6.45) is 7.44. The van der Waals surface area contributed by atoms with Gasteiger partial charge in [0.25, 0.3) is 0 Å². The molecular formula is C43H33N5O. The van der Waals surface area contributed by atoms with Crippen LogP contribution in [-0.4, -0.2) is 24.1 Å². The highest BCUT2D eigenvalue weighted by molar-refractivity contribution is 6.10. The highest BCUT2D eigenvalue weighted by atomic mass is 16.5. The molecule has 0 saturated carbocycles. The molecule has 9 rings (SSSR count). The van der Waals surface area contributed by atoms with Gasteiger partial charge in [-0.2, -0.15) is 0 Å². The van der Waals surface area contributed by atoms with Gasteiger partial charge >= 0.3 is 0 Å². The van der Waals surface area contributed by atoms with Gasteiger partial charge in [-0.3, -0.25) is 14.1 Å². The molecule has 0 fully saturated rings. The van der Waals surface area contributed by atoms with Crippen LogP contribution in [0.5, 0.6) is 11.5 Å². The summed E-state index contributed by atoms with van der Waals surface area (Å²) in [6.45, 7) is 6.69. The van der Waals surface area contributed by atoms with E-state index < -0.39 is 0 Å². The number of pyridine rings is 3. The number of nitrogens with zero attached hydrogens (tertiary/aromatic N) is 5. The van der Waals surface area contributed by atoms with E-state index in [-0.39, 0.29) is 5.41 Å². The second-order valence-electron chi connectivity index (χ2n) is 13.5. The fraction of sp³-hybridized carbons (Fsp3) is 0.0930. The van der Waals surface area contributed by atoms with Gasteiger partial charge in [0, 0.05) is 64.0 Å². The molecule has 6 heteroatoms. The lowest BCUT2D eigenvalue weighted by Gasteiger charge is -2.20. The van der Waals surface area contributed by atoms with Gasteiger partial charge in [-0.1, -0.05) is 57.2 Å². The third kappa shape index (κ3) is 4.92. The quantitative estimate of drug-likeness (QED) is 0.189. The van der Waals surface area contributed by atoms with E-state index in [1.165, 1.54) is 16.3 Å². The standard InChI is InChI=1S/C43H33N5O/c1-43(2,3)30-20-23-45-42(24-30)48-38-11-7-5-9-34(38)36-16-14-32(26-40(36)48)49-31-13-15-35-33-8-4-6-10-37(33)47(39(35)25-31)41-17-12-29(27-46-41)28-18-21-44-22-19-28/h4-27H,1-3H3. The van der Waals surface area contributed by atoms with E-state index in [0.29, 0.717) is 0 Å². The molecule has 0 amide bonds. The molecule has 0 saturated heterocycles. The fourth-order valence-electron chi connectivity index (χ4n) is 6.90. The zero-order chi connectivity index (χ0) is 33.1. The lowest BCUT2D eigenvalue weighted by molar-refractivity contribution is 0.484. The predicted molar refractivity (Wildman–Crippen MR) is 199 cm³/mol. The molecule has 0 N–H and O–H groups in total. The molecule has 0 unspecified atom stereocenters.